The van der Waals surface area contributed by atoms with Gasteiger partial charge in [0.1, 0.15) is 5.69 Å². The lowest BCUT2D eigenvalue weighted by molar-refractivity contribution is 0.101. The topological polar surface area (TPSA) is 34.0 Å². The summed E-state index contributed by atoms with van der Waals surface area (Å²) in [5.41, 5.74) is 4.31. The van der Waals surface area contributed by atoms with E-state index >= 15 is 0 Å². The minimum Gasteiger partial charge on any atom is -0.345 e. The van der Waals surface area contributed by atoms with Gasteiger partial charge in [-0.05, 0) is 64.5 Å². The summed E-state index contributed by atoms with van der Waals surface area (Å²) in [6.07, 6.45) is 5.37. The molecule has 19 heavy (non-hydrogen) atoms. The Morgan fingerprint density at radius 3 is 2.79 bits per heavy atom. The largest absolute Gasteiger partial charge is 0.345 e. The smallest absolute Gasteiger partial charge is 0.272 e. The van der Waals surface area contributed by atoms with Crippen LogP contribution in [0.3, 0.4) is 0 Å². The fourth-order valence-electron chi connectivity index (χ4n) is 2.59. The average Bonchev–Trinajstić information content (AvgIpc) is 2.94. The van der Waals surface area contributed by atoms with Crippen molar-refractivity contribution in [3.63, 3.8) is 0 Å². The second-order valence-corrected chi connectivity index (χ2v) is 5.86. The maximum absolute atomic E-state index is 12.2. The van der Waals surface area contributed by atoms with E-state index in [9.17, 15) is 4.79 Å². The molecule has 0 saturated heterocycles. The van der Waals surface area contributed by atoms with E-state index in [-0.39, 0.29) is 5.91 Å². The minimum absolute atomic E-state index is 0.0776. The van der Waals surface area contributed by atoms with Crippen molar-refractivity contribution in [1.82, 2.24) is 4.57 Å². The van der Waals surface area contributed by atoms with Crippen LogP contribution in [0.4, 0.5) is 5.69 Å². The third-order valence-electron chi connectivity index (χ3n) is 3.56. The standard InChI is InChI=1S/C15H15BrN2O/c1-18-9-12(16)8-14(18)15(19)17-13-6-5-10-3-2-4-11(10)7-13/h5-9H,2-4H2,1H3,(H,17,19). The zero-order chi connectivity index (χ0) is 13.4. The van der Waals surface area contributed by atoms with E-state index in [0.29, 0.717) is 5.69 Å². The summed E-state index contributed by atoms with van der Waals surface area (Å²) in [5.74, 6) is -0.0776. The van der Waals surface area contributed by atoms with Crippen molar-refractivity contribution in [3.8, 4) is 0 Å². The molecule has 1 amide bonds. The Morgan fingerprint density at radius 1 is 1.26 bits per heavy atom. The van der Waals surface area contributed by atoms with Crippen molar-refractivity contribution < 1.29 is 4.79 Å². The number of carbonyl (C=O) groups excluding carboxylic acids is 1. The molecule has 0 bridgehead atoms. The predicted molar refractivity (Wildman–Crippen MR) is 79.5 cm³/mol. The molecule has 98 valence electrons. The molecular weight excluding hydrogens is 304 g/mol. The van der Waals surface area contributed by atoms with Crippen LogP contribution in [-0.2, 0) is 19.9 Å². The van der Waals surface area contributed by atoms with Gasteiger partial charge < -0.3 is 9.88 Å². The van der Waals surface area contributed by atoms with Crippen molar-refractivity contribution in [1.29, 1.82) is 0 Å². The summed E-state index contributed by atoms with van der Waals surface area (Å²) in [6, 6.07) is 8.03. The predicted octanol–water partition coefficient (Wildman–Crippen LogP) is 3.53. The van der Waals surface area contributed by atoms with E-state index in [0.717, 1.165) is 23.0 Å². The van der Waals surface area contributed by atoms with Crippen LogP contribution in [0.25, 0.3) is 0 Å². The van der Waals surface area contributed by atoms with Gasteiger partial charge in [-0.3, -0.25) is 4.79 Å². The summed E-state index contributed by atoms with van der Waals surface area (Å²) in [4.78, 5) is 12.2. The van der Waals surface area contributed by atoms with E-state index in [1.807, 2.05) is 29.9 Å². The molecular formula is C15H15BrN2O. The number of amides is 1. The number of carbonyl (C=O) groups is 1. The first kappa shape index (κ1) is 12.5. The third kappa shape index (κ3) is 2.45. The molecule has 0 radical (unpaired) electrons. The van der Waals surface area contributed by atoms with Crippen LogP contribution >= 0.6 is 15.9 Å². The molecule has 0 fully saturated rings. The lowest BCUT2D eigenvalue weighted by atomic mass is 10.1. The quantitative estimate of drug-likeness (QED) is 0.903. The van der Waals surface area contributed by atoms with Gasteiger partial charge in [0, 0.05) is 23.4 Å². The van der Waals surface area contributed by atoms with E-state index in [1.165, 1.54) is 17.5 Å². The van der Waals surface area contributed by atoms with Crippen LogP contribution < -0.4 is 5.32 Å². The van der Waals surface area contributed by atoms with E-state index in [1.54, 1.807) is 0 Å². The minimum atomic E-state index is -0.0776. The molecule has 3 nitrogen and oxygen atoms in total. The Morgan fingerprint density at radius 2 is 2.05 bits per heavy atom. The van der Waals surface area contributed by atoms with Gasteiger partial charge in [-0.1, -0.05) is 6.07 Å². The zero-order valence-electron chi connectivity index (χ0n) is 10.7. The van der Waals surface area contributed by atoms with Crippen LogP contribution in [0.5, 0.6) is 0 Å². The number of anilines is 1. The van der Waals surface area contributed by atoms with E-state index in [4.69, 9.17) is 0 Å². The van der Waals surface area contributed by atoms with E-state index < -0.39 is 0 Å². The Kier molecular flexibility index (Phi) is 3.19. The fourth-order valence-corrected chi connectivity index (χ4v) is 3.12. The van der Waals surface area contributed by atoms with Crippen molar-refractivity contribution >= 4 is 27.5 Å². The maximum atomic E-state index is 12.2. The molecule has 3 rings (SSSR count). The zero-order valence-corrected chi connectivity index (χ0v) is 12.3. The second-order valence-electron chi connectivity index (χ2n) is 4.95. The SMILES string of the molecule is Cn1cc(Br)cc1C(=O)Nc1ccc2c(c1)CCC2. The van der Waals surface area contributed by atoms with Gasteiger partial charge in [0.25, 0.3) is 5.91 Å². The van der Waals surface area contributed by atoms with Gasteiger partial charge in [-0.25, -0.2) is 0 Å². The number of halogens is 1. The summed E-state index contributed by atoms with van der Waals surface area (Å²) in [7, 11) is 1.86. The monoisotopic (exact) mass is 318 g/mol. The highest BCUT2D eigenvalue weighted by Gasteiger charge is 2.14. The molecule has 1 heterocycles. The molecule has 1 aliphatic rings. The molecule has 4 heteroatoms. The highest BCUT2D eigenvalue weighted by Crippen LogP contribution is 2.25. The summed E-state index contributed by atoms with van der Waals surface area (Å²) in [5, 5.41) is 2.96. The Labute approximate surface area is 120 Å². The van der Waals surface area contributed by atoms with Crippen molar-refractivity contribution in [2.45, 2.75) is 19.3 Å². The molecule has 0 aliphatic heterocycles. The normalized spacial score (nSPS) is 13.4. The van der Waals surface area contributed by atoms with Crippen LogP contribution in [0.15, 0.2) is 34.9 Å². The summed E-state index contributed by atoms with van der Waals surface area (Å²) in [6.45, 7) is 0. The Balaban J connectivity index is 1.81. The number of aromatic nitrogens is 1. The van der Waals surface area contributed by atoms with Crippen LogP contribution in [-0.4, -0.2) is 10.5 Å². The Bertz CT molecular complexity index is 646. The highest BCUT2D eigenvalue weighted by atomic mass is 79.9. The van der Waals surface area contributed by atoms with Gasteiger partial charge in [0.05, 0.1) is 0 Å². The number of benzene rings is 1. The number of hydrogen-bond acceptors (Lipinski definition) is 1. The fraction of sp³-hybridized carbons (Fsp3) is 0.267. The molecule has 1 N–H and O–H groups in total. The molecule has 0 spiro atoms. The number of fused-ring (bicyclic) bond motifs is 1. The van der Waals surface area contributed by atoms with Gasteiger partial charge in [0.2, 0.25) is 0 Å². The second kappa shape index (κ2) is 4.85. The van der Waals surface area contributed by atoms with Crippen molar-refractivity contribution in [2.75, 3.05) is 5.32 Å². The number of hydrogen-bond donors (Lipinski definition) is 1. The first-order valence-corrected chi connectivity index (χ1v) is 7.18. The first-order valence-electron chi connectivity index (χ1n) is 6.38. The summed E-state index contributed by atoms with van der Waals surface area (Å²) >= 11 is 3.38. The van der Waals surface area contributed by atoms with Gasteiger partial charge in [0.15, 0.2) is 0 Å². The molecule has 0 atom stereocenters. The molecule has 0 saturated carbocycles. The molecule has 2 aromatic rings. The molecule has 1 aromatic heterocycles. The van der Waals surface area contributed by atoms with Gasteiger partial charge in [-0.2, -0.15) is 0 Å². The third-order valence-corrected chi connectivity index (χ3v) is 3.99. The maximum Gasteiger partial charge on any atom is 0.272 e. The van der Waals surface area contributed by atoms with Crippen LogP contribution in [0.2, 0.25) is 0 Å². The van der Waals surface area contributed by atoms with Crippen LogP contribution in [0, 0.1) is 0 Å². The lowest BCUT2D eigenvalue weighted by Crippen LogP contribution is -2.15. The molecule has 0 unspecified atom stereocenters. The first-order chi connectivity index (χ1) is 9.13. The van der Waals surface area contributed by atoms with Crippen molar-refractivity contribution in [3.05, 3.63) is 51.8 Å². The van der Waals surface area contributed by atoms with Crippen molar-refractivity contribution in [2.24, 2.45) is 7.05 Å². The molecule has 1 aliphatic carbocycles. The number of aryl methyl sites for hydroxylation is 3. The number of nitrogens with one attached hydrogen (secondary N) is 1. The lowest BCUT2D eigenvalue weighted by Gasteiger charge is -2.08. The van der Waals surface area contributed by atoms with Gasteiger partial charge in [-0.15, -0.1) is 0 Å². The molecule has 1 aromatic carbocycles. The van der Waals surface area contributed by atoms with Gasteiger partial charge >= 0.3 is 0 Å². The average molecular weight is 319 g/mol. The highest BCUT2D eigenvalue weighted by molar-refractivity contribution is 9.10. The van der Waals surface area contributed by atoms with Crippen LogP contribution in [0.1, 0.15) is 28.0 Å². The Hall–Kier alpha value is -1.55. The number of nitrogens with zero attached hydrogens (tertiary/aromatic N) is 1. The summed E-state index contributed by atoms with van der Waals surface area (Å²) < 4.78 is 2.72. The van der Waals surface area contributed by atoms with E-state index in [2.05, 4.69) is 33.4 Å². The number of rotatable bonds is 2.